The highest BCUT2D eigenvalue weighted by molar-refractivity contribution is 5.98. The molecule has 1 N–H and O–H groups in total. The number of aryl methyl sites for hydroxylation is 1. The summed E-state index contributed by atoms with van der Waals surface area (Å²) in [6.07, 6.45) is 3.35. The number of amides is 1. The molecule has 0 spiro atoms. The van der Waals surface area contributed by atoms with Gasteiger partial charge in [0.2, 0.25) is 5.88 Å². The smallest absolute Gasteiger partial charge is 0.343 e. The molecule has 2 aromatic heterocycles. The fourth-order valence-electron chi connectivity index (χ4n) is 2.74. The van der Waals surface area contributed by atoms with Gasteiger partial charge in [0.1, 0.15) is 23.0 Å². The Hall–Kier alpha value is -4.32. The molecule has 1 amide bonds. The molecule has 9 heteroatoms. The summed E-state index contributed by atoms with van der Waals surface area (Å²) in [7, 11) is 1.27. The van der Waals surface area contributed by atoms with Gasteiger partial charge in [-0.2, -0.15) is 5.26 Å². The fourth-order valence-corrected chi connectivity index (χ4v) is 2.74. The third-order valence-electron chi connectivity index (χ3n) is 4.14. The summed E-state index contributed by atoms with van der Waals surface area (Å²) >= 11 is 0. The number of aromatic nitrogens is 1. The van der Waals surface area contributed by atoms with E-state index in [0.29, 0.717) is 11.3 Å². The third kappa shape index (κ3) is 4.23. The van der Waals surface area contributed by atoms with Crippen LogP contribution < -0.4 is 5.32 Å². The number of anilines is 1. The number of furan rings is 1. The summed E-state index contributed by atoms with van der Waals surface area (Å²) in [5.74, 6) is -1.52. The van der Waals surface area contributed by atoms with E-state index in [4.69, 9.17) is 9.15 Å². The van der Waals surface area contributed by atoms with Gasteiger partial charge >= 0.3 is 11.9 Å². The Labute approximate surface area is 171 Å². The highest BCUT2D eigenvalue weighted by atomic mass is 16.5. The molecule has 30 heavy (non-hydrogen) atoms. The van der Waals surface area contributed by atoms with Crippen molar-refractivity contribution in [2.24, 2.45) is 0 Å². The summed E-state index contributed by atoms with van der Waals surface area (Å²) in [6.45, 7) is 0.972. The minimum atomic E-state index is -0.845. The Kier molecular flexibility index (Phi) is 5.98. The second-order valence-electron chi connectivity index (χ2n) is 6.11. The number of benzene rings is 1. The average Bonchev–Trinajstić information content (AvgIpc) is 3.39. The van der Waals surface area contributed by atoms with Crippen molar-refractivity contribution in [3.8, 4) is 12.0 Å². The highest BCUT2D eigenvalue weighted by Crippen LogP contribution is 2.26. The number of carbonyl (C=O) groups excluding carboxylic acids is 3. The summed E-state index contributed by atoms with van der Waals surface area (Å²) < 4.78 is 16.8. The first-order valence-electron chi connectivity index (χ1n) is 8.76. The maximum Gasteiger partial charge on any atom is 0.343 e. The molecule has 152 valence electrons. The monoisotopic (exact) mass is 407 g/mol. The van der Waals surface area contributed by atoms with Gasteiger partial charge < -0.3 is 19.2 Å². The minimum Gasteiger partial charge on any atom is -0.465 e. The Morgan fingerprint density at radius 2 is 1.80 bits per heavy atom. The van der Waals surface area contributed by atoms with Crippen LogP contribution in [0.4, 0.5) is 5.69 Å². The molecular formula is C21H17N3O6. The van der Waals surface area contributed by atoms with Crippen molar-refractivity contribution in [1.82, 2.24) is 4.57 Å². The molecule has 9 nitrogen and oxygen atoms in total. The number of ether oxygens (including phenoxy) is 2. The zero-order valence-electron chi connectivity index (χ0n) is 16.2. The van der Waals surface area contributed by atoms with Gasteiger partial charge in [0.25, 0.3) is 5.91 Å². The number of nitrogens with one attached hydrogen (secondary N) is 1. The molecule has 2 heterocycles. The molecule has 0 saturated carbocycles. The Bertz CT molecular complexity index is 1120. The molecule has 0 radical (unpaired) electrons. The van der Waals surface area contributed by atoms with E-state index in [1.165, 1.54) is 38.3 Å². The van der Waals surface area contributed by atoms with Gasteiger partial charge in [-0.25, -0.2) is 9.59 Å². The van der Waals surface area contributed by atoms with Gasteiger partial charge in [-0.1, -0.05) is 0 Å². The summed E-state index contributed by atoms with van der Waals surface area (Å²) in [5.41, 5.74) is 0.736. The van der Waals surface area contributed by atoms with E-state index >= 15 is 0 Å². The quantitative estimate of drug-likeness (QED) is 0.623. The van der Waals surface area contributed by atoms with Crippen molar-refractivity contribution in [2.75, 3.05) is 19.0 Å². The van der Waals surface area contributed by atoms with E-state index in [2.05, 4.69) is 10.1 Å². The predicted octanol–water partition coefficient (Wildman–Crippen LogP) is 2.83. The lowest BCUT2D eigenvalue weighted by molar-refractivity contribution is -0.119. The van der Waals surface area contributed by atoms with E-state index in [0.717, 1.165) is 0 Å². The van der Waals surface area contributed by atoms with Gasteiger partial charge in [0, 0.05) is 18.1 Å². The number of hydrogen-bond donors (Lipinski definition) is 1. The Balaban J connectivity index is 1.65. The number of nitrogens with zero attached hydrogens (tertiary/aromatic N) is 2. The van der Waals surface area contributed by atoms with Crippen LogP contribution in [0.2, 0.25) is 0 Å². The first-order chi connectivity index (χ1) is 14.4. The number of rotatable bonds is 6. The summed E-state index contributed by atoms with van der Waals surface area (Å²) in [6, 6.07) is 11.5. The number of carbonyl (C=O) groups is 3. The second-order valence-corrected chi connectivity index (χ2v) is 6.11. The Morgan fingerprint density at radius 1 is 1.13 bits per heavy atom. The van der Waals surface area contributed by atoms with Crippen LogP contribution in [0.5, 0.6) is 0 Å². The van der Waals surface area contributed by atoms with Crippen molar-refractivity contribution in [3.63, 3.8) is 0 Å². The molecule has 0 aliphatic rings. The van der Waals surface area contributed by atoms with Crippen molar-refractivity contribution >= 4 is 23.5 Å². The van der Waals surface area contributed by atoms with Crippen molar-refractivity contribution in [1.29, 1.82) is 5.26 Å². The lowest BCUT2D eigenvalue weighted by atomic mass is 10.1. The fraction of sp³-hybridized carbons (Fsp3) is 0.143. The SMILES string of the molecule is COC(=O)c1ccc(NC(=O)COC(=O)c2c(C)oc(-n3cccc3)c2C#N)cc1. The molecule has 0 aliphatic carbocycles. The number of esters is 2. The van der Waals surface area contributed by atoms with Gasteiger partial charge in [-0.05, 0) is 43.3 Å². The normalized spacial score (nSPS) is 10.2. The summed E-state index contributed by atoms with van der Waals surface area (Å²) in [4.78, 5) is 36.0. The van der Waals surface area contributed by atoms with Crippen LogP contribution in [0.25, 0.3) is 5.88 Å². The van der Waals surface area contributed by atoms with E-state index in [-0.39, 0.29) is 22.8 Å². The molecule has 0 fully saturated rings. The third-order valence-corrected chi connectivity index (χ3v) is 4.14. The van der Waals surface area contributed by atoms with Gasteiger partial charge in [0.05, 0.1) is 12.7 Å². The number of hydrogen-bond acceptors (Lipinski definition) is 7. The predicted molar refractivity (Wildman–Crippen MR) is 104 cm³/mol. The topological polar surface area (TPSA) is 124 Å². The standard InChI is InChI=1S/C21H17N3O6/c1-13-18(16(11-22)19(30-13)24-9-3-4-10-24)21(27)29-12-17(25)23-15-7-5-14(6-8-15)20(26)28-2/h3-10H,12H2,1-2H3,(H,23,25). The van der Waals surface area contributed by atoms with Gasteiger partial charge in [-0.3, -0.25) is 9.36 Å². The zero-order chi connectivity index (χ0) is 21.7. The van der Waals surface area contributed by atoms with E-state index in [9.17, 15) is 19.6 Å². The molecule has 3 rings (SSSR count). The lowest BCUT2D eigenvalue weighted by Crippen LogP contribution is -2.21. The lowest BCUT2D eigenvalue weighted by Gasteiger charge is -2.07. The molecule has 1 aromatic carbocycles. The van der Waals surface area contributed by atoms with Crippen LogP contribution in [0.15, 0.2) is 53.2 Å². The largest absolute Gasteiger partial charge is 0.465 e. The van der Waals surface area contributed by atoms with Gasteiger partial charge in [-0.15, -0.1) is 0 Å². The zero-order valence-corrected chi connectivity index (χ0v) is 16.2. The van der Waals surface area contributed by atoms with Crippen molar-refractivity contribution in [2.45, 2.75) is 6.92 Å². The minimum absolute atomic E-state index is 0.0208. The average molecular weight is 407 g/mol. The van der Waals surface area contributed by atoms with Crippen molar-refractivity contribution in [3.05, 3.63) is 71.2 Å². The molecule has 3 aromatic rings. The number of nitriles is 1. The van der Waals surface area contributed by atoms with Crippen LogP contribution in [0, 0.1) is 18.3 Å². The molecule has 0 bridgehead atoms. The van der Waals surface area contributed by atoms with E-state index < -0.39 is 24.5 Å². The summed E-state index contributed by atoms with van der Waals surface area (Å²) in [5, 5.41) is 12.0. The number of methoxy groups -OCH3 is 1. The van der Waals surface area contributed by atoms with Crippen molar-refractivity contribution < 1.29 is 28.3 Å². The van der Waals surface area contributed by atoms with Crippen LogP contribution >= 0.6 is 0 Å². The van der Waals surface area contributed by atoms with Gasteiger partial charge in [0.15, 0.2) is 6.61 Å². The molecule has 0 atom stereocenters. The van der Waals surface area contributed by atoms with Crippen LogP contribution in [0.1, 0.15) is 32.0 Å². The first kappa shape index (κ1) is 20.4. The highest BCUT2D eigenvalue weighted by Gasteiger charge is 2.26. The first-order valence-corrected chi connectivity index (χ1v) is 8.76. The van der Waals surface area contributed by atoms with E-state index in [1.54, 1.807) is 29.1 Å². The molecule has 0 saturated heterocycles. The maximum atomic E-state index is 12.5. The van der Waals surface area contributed by atoms with Crippen LogP contribution in [-0.4, -0.2) is 36.1 Å². The van der Waals surface area contributed by atoms with Crippen LogP contribution in [0.3, 0.4) is 0 Å². The Morgan fingerprint density at radius 3 is 2.40 bits per heavy atom. The molecular weight excluding hydrogens is 390 g/mol. The maximum absolute atomic E-state index is 12.5. The van der Waals surface area contributed by atoms with Crippen LogP contribution in [-0.2, 0) is 14.3 Å². The van der Waals surface area contributed by atoms with E-state index in [1.807, 2.05) is 6.07 Å². The molecule has 0 aliphatic heterocycles. The molecule has 0 unspecified atom stereocenters. The second kappa shape index (κ2) is 8.79.